The van der Waals surface area contributed by atoms with E-state index in [4.69, 9.17) is 0 Å². The van der Waals surface area contributed by atoms with E-state index in [-0.39, 0.29) is 10.8 Å². The van der Waals surface area contributed by atoms with E-state index in [0.29, 0.717) is 5.92 Å². The van der Waals surface area contributed by atoms with E-state index in [9.17, 15) is 0 Å². The Labute approximate surface area is 273 Å². The van der Waals surface area contributed by atoms with Gasteiger partial charge in [0.2, 0.25) is 0 Å². The van der Waals surface area contributed by atoms with Gasteiger partial charge in [-0.1, -0.05) is 139 Å². The maximum atomic E-state index is 2.53. The Morgan fingerprint density at radius 3 is 1.91 bits per heavy atom. The maximum absolute atomic E-state index is 2.53. The van der Waals surface area contributed by atoms with E-state index >= 15 is 0 Å². The fourth-order valence-electron chi connectivity index (χ4n) is 7.74. The lowest BCUT2D eigenvalue weighted by atomic mass is 9.76. The quantitative estimate of drug-likeness (QED) is 0.187. The number of hydrogen-bond donors (Lipinski definition) is 0. The van der Waals surface area contributed by atoms with Crippen molar-refractivity contribution >= 4 is 32.6 Å². The number of rotatable bonds is 2. The number of para-hydroxylation sites is 1. The highest BCUT2D eigenvalue weighted by Gasteiger charge is 2.29. The lowest BCUT2D eigenvalue weighted by Crippen LogP contribution is -2.18. The van der Waals surface area contributed by atoms with E-state index in [0.717, 1.165) is 12.8 Å². The molecule has 1 aromatic heterocycles. The summed E-state index contributed by atoms with van der Waals surface area (Å²) in [5.74, 6) is 0.319. The summed E-state index contributed by atoms with van der Waals surface area (Å²) in [6.45, 7) is 14.1. The first-order chi connectivity index (χ1) is 22.1. The zero-order valence-corrected chi connectivity index (χ0v) is 28.0. The van der Waals surface area contributed by atoms with Crippen LogP contribution in [0.4, 0.5) is 0 Å². The van der Waals surface area contributed by atoms with Crippen LogP contribution in [0.2, 0.25) is 0 Å². The van der Waals surface area contributed by atoms with Gasteiger partial charge in [0.1, 0.15) is 0 Å². The van der Waals surface area contributed by atoms with Crippen LogP contribution >= 0.6 is 0 Å². The number of benzene rings is 6. The second-order valence-electron chi connectivity index (χ2n) is 15.4. The average molecular weight is 598 g/mol. The van der Waals surface area contributed by atoms with Gasteiger partial charge in [-0.3, -0.25) is 0 Å². The molecule has 0 radical (unpaired) electrons. The summed E-state index contributed by atoms with van der Waals surface area (Å²) in [4.78, 5) is 0. The third-order valence-corrected chi connectivity index (χ3v) is 10.3. The minimum absolute atomic E-state index is 0.0789. The van der Waals surface area contributed by atoms with Crippen LogP contribution in [0.3, 0.4) is 0 Å². The summed E-state index contributed by atoms with van der Waals surface area (Å²) in [5.41, 5.74) is 13.9. The summed E-state index contributed by atoms with van der Waals surface area (Å²) in [6.07, 6.45) is 2.12. The monoisotopic (exact) mass is 597 g/mol. The van der Waals surface area contributed by atoms with Gasteiger partial charge in [0, 0.05) is 27.9 Å². The van der Waals surface area contributed by atoms with Crippen molar-refractivity contribution in [3.8, 4) is 16.8 Å². The van der Waals surface area contributed by atoms with Crippen molar-refractivity contribution in [2.45, 2.75) is 71.1 Å². The molecule has 0 N–H and O–H groups in total. The molecule has 1 nitrogen and oxygen atoms in total. The normalized spacial score (nSPS) is 15.2. The van der Waals surface area contributed by atoms with Crippen LogP contribution in [0.1, 0.15) is 81.7 Å². The van der Waals surface area contributed by atoms with Crippen LogP contribution in [0, 0.1) is 0 Å². The third-order valence-electron chi connectivity index (χ3n) is 10.3. The Kier molecular flexibility index (Phi) is 6.55. The zero-order chi connectivity index (χ0) is 31.8. The van der Waals surface area contributed by atoms with Gasteiger partial charge < -0.3 is 4.57 Å². The van der Waals surface area contributed by atoms with E-state index in [1.165, 1.54) is 77.2 Å². The maximum Gasteiger partial charge on any atom is 0.0622 e. The van der Waals surface area contributed by atoms with Gasteiger partial charge in [-0.2, -0.15) is 0 Å². The van der Waals surface area contributed by atoms with Crippen molar-refractivity contribution in [2.75, 3.05) is 0 Å². The Morgan fingerprint density at radius 2 is 1.22 bits per heavy atom. The van der Waals surface area contributed by atoms with Crippen molar-refractivity contribution in [3.05, 3.63) is 149 Å². The minimum Gasteiger partial charge on any atom is -0.309 e. The fraction of sp³-hybridized carbons (Fsp3) is 0.244. The highest BCUT2D eigenvalue weighted by Crippen LogP contribution is 2.48. The van der Waals surface area contributed by atoms with Gasteiger partial charge in [0.05, 0.1) is 11.0 Å². The second-order valence-corrected chi connectivity index (χ2v) is 15.4. The summed E-state index contributed by atoms with van der Waals surface area (Å²) >= 11 is 0. The minimum atomic E-state index is 0.0789. The van der Waals surface area contributed by atoms with Gasteiger partial charge in [-0.15, -0.1) is 0 Å². The van der Waals surface area contributed by atoms with E-state index in [1.807, 2.05) is 0 Å². The molecule has 228 valence electrons. The van der Waals surface area contributed by atoms with E-state index in [2.05, 4.69) is 167 Å². The van der Waals surface area contributed by atoms with Crippen molar-refractivity contribution < 1.29 is 0 Å². The zero-order valence-electron chi connectivity index (χ0n) is 28.0. The highest BCUT2D eigenvalue weighted by molar-refractivity contribution is 6.17. The summed E-state index contributed by atoms with van der Waals surface area (Å²) in [7, 11) is 0. The van der Waals surface area contributed by atoms with Crippen LogP contribution < -0.4 is 0 Å². The summed E-state index contributed by atoms with van der Waals surface area (Å²) < 4.78 is 2.53. The van der Waals surface area contributed by atoms with Crippen molar-refractivity contribution in [1.29, 1.82) is 0 Å². The standard InChI is InChI=1S/C45H43N/c1-44(2,3)33-24-32(25-34(28-33)45(4,5)6)36-22-20-29-21-23-39-40-26-30-14-10-11-15-31(30)27-41(40)46(35-16-8-7-9-17-35)43(39)42(29)38-19-13-12-18-37(36)38/h7-19,21,23-28,36H,20,22H2,1-6H3. The molecule has 1 aliphatic rings. The Balaban J connectivity index is 1.44. The molecule has 1 heteroatoms. The molecule has 0 spiro atoms. The summed E-state index contributed by atoms with van der Waals surface area (Å²) in [6, 6.07) is 46.1. The average Bonchev–Trinajstić information content (AvgIpc) is 3.25. The van der Waals surface area contributed by atoms with Gasteiger partial charge in [-0.25, -0.2) is 0 Å². The van der Waals surface area contributed by atoms with Gasteiger partial charge in [0.25, 0.3) is 0 Å². The molecule has 0 saturated heterocycles. The van der Waals surface area contributed by atoms with Crippen molar-refractivity contribution in [3.63, 3.8) is 0 Å². The Bertz CT molecular complexity index is 2240. The smallest absolute Gasteiger partial charge is 0.0622 e. The summed E-state index contributed by atoms with van der Waals surface area (Å²) in [5, 5.41) is 5.19. The van der Waals surface area contributed by atoms with Gasteiger partial charge in [-0.05, 0) is 92.1 Å². The first-order valence-corrected chi connectivity index (χ1v) is 16.9. The first kappa shape index (κ1) is 28.8. The molecule has 1 unspecified atom stereocenters. The lowest BCUT2D eigenvalue weighted by Gasteiger charge is -2.28. The molecule has 0 amide bonds. The second kappa shape index (κ2) is 10.5. The molecule has 1 heterocycles. The number of hydrogen-bond acceptors (Lipinski definition) is 0. The van der Waals surface area contributed by atoms with Crippen LogP contribution in [-0.4, -0.2) is 4.57 Å². The van der Waals surface area contributed by atoms with E-state index in [1.54, 1.807) is 0 Å². The highest BCUT2D eigenvalue weighted by atomic mass is 15.0. The van der Waals surface area contributed by atoms with Gasteiger partial charge in [0.15, 0.2) is 0 Å². The van der Waals surface area contributed by atoms with Crippen LogP contribution in [0.25, 0.3) is 49.4 Å². The molecule has 0 fully saturated rings. The SMILES string of the molecule is CC(C)(C)c1cc(C2CCc3ccc4c5cc6ccccc6cc5n(-c5ccccc5)c4c3-c3ccccc32)cc(C(C)(C)C)c1. The molecule has 0 bridgehead atoms. The Morgan fingerprint density at radius 1 is 0.587 bits per heavy atom. The molecule has 1 atom stereocenters. The molecule has 8 rings (SSSR count). The predicted octanol–water partition coefficient (Wildman–Crippen LogP) is 12.3. The predicted molar refractivity (Wildman–Crippen MR) is 198 cm³/mol. The molecule has 7 aromatic rings. The largest absolute Gasteiger partial charge is 0.309 e. The molecular weight excluding hydrogens is 555 g/mol. The first-order valence-electron chi connectivity index (χ1n) is 16.9. The number of aromatic nitrogens is 1. The number of fused-ring (bicyclic) bond motifs is 8. The van der Waals surface area contributed by atoms with Gasteiger partial charge >= 0.3 is 0 Å². The van der Waals surface area contributed by atoms with Crippen molar-refractivity contribution in [2.24, 2.45) is 0 Å². The van der Waals surface area contributed by atoms with Crippen LogP contribution in [0.15, 0.2) is 121 Å². The molecule has 46 heavy (non-hydrogen) atoms. The Hall–Kier alpha value is -4.62. The molecule has 0 aliphatic heterocycles. The molecule has 6 aromatic carbocycles. The fourth-order valence-corrected chi connectivity index (χ4v) is 7.74. The lowest BCUT2D eigenvalue weighted by molar-refractivity contribution is 0.564. The molecule has 1 aliphatic carbocycles. The van der Waals surface area contributed by atoms with Crippen molar-refractivity contribution in [1.82, 2.24) is 4.57 Å². The number of nitrogens with zero attached hydrogens (tertiary/aromatic N) is 1. The topological polar surface area (TPSA) is 4.93 Å². The third kappa shape index (κ3) is 4.68. The van der Waals surface area contributed by atoms with Crippen LogP contribution in [-0.2, 0) is 17.3 Å². The molecule has 0 saturated carbocycles. The number of aryl methyl sites for hydroxylation is 1. The molecular formula is C45H43N. The van der Waals surface area contributed by atoms with Crippen LogP contribution in [0.5, 0.6) is 0 Å². The van der Waals surface area contributed by atoms with E-state index < -0.39 is 0 Å².